The van der Waals surface area contributed by atoms with Gasteiger partial charge in [0.15, 0.2) is 0 Å². The number of hydrogen-bond acceptors (Lipinski definition) is 2. The van der Waals surface area contributed by atoms with Gasteiger partial charge in [-0.15, -0.1) is 0 Å². The highest BCUT2D eigenvalue weighted by Gasteiger charge is 2.16. The molecule has 0 bridgehead atoms. The SMILES string of the molecule is Cc1cc(Br)c(CC(C)C(CN)CO)cc1C. The van der Waals surface area contributed by atoms with Crippen LogP contribution in [0.3, 0.4) is 0 Å². The number of hydrogen-bond donors (Lipinski definition) is 2. The van der Waals surface area contributed by atoms with Crippen molar-refractivity contribution in [3.8, 4) is 0 Å². The van der Waals surface area contributed by atoms with E-state index in [1.807, 2.05) is 0 Å². The third kappa shape index (κ3) is 3.80. The average Bonchev–Trinajstić information content (AvgIpc) is 2.27. The number of nitrogens with two attached hydrogens (primary N) is 1. The van der Waals surface area contributed by atoms with Crippen LogP contribution in [-0.2, 0) is 6.42 Å². The molecular weight excluding hydrogens is 278 g/mol. The summed E-state index contributed by atoms with van der Waals surface area (Å²) in [6.07, 6.45) is 0.949. The second-order valence-corrected chi connectivity index (χ2v) is 5.74. The first kappa shape index (κ1) is 14.7. The normalized spacial score (nSPS) is 14.7. The molecule has 0 aliphatic rings. The molecule has 2 atom stereocenters. The van der Waals surface area contributed by atoms with Crippen molar-refractivity contribution < 1.29 is 5.11 Å². The van der Waals surface area contributed by atoms with Crippen molar-refractivity contribution in [2.24, 2.45) is 17.6 Å². The molecule has 0 saturated heterocycles. The summed E-state index contributed by atoms with van der Waals surface area (Å²) >= 11 is 3.61. The van der Waals surface area contributed by atoms with E-state index < -0.39 is 0 Å². The Hall–Kier alpha value is -0.380. The van der Waals surface area contributed by atoms with Crippen molar-refractivity contribution >= 4 is 15.9 Å². The van der Waals surface area contributed by atoms with Crippen molar-refractivity contribution in [3.63, 3.8) is 0 Å². The van der Waals surface area contributed by atoms with Gasteiger partial charge in [0.25, 0.3) is 0 Å². The molecule has 0 aliphatic carbocycles. The molecule has 17 heavy (non-hydrogen) atoms. The van der Waals surface area contributed by atoms with Crippen LogP contribution in [-0.4, -0.2) is 18.3 Å². The third-order valence-corrected chi connectivity index (χ3v) is 4.28. The number of rotatable bonds is 5. The number of aliphatic hydroxyl groups is 1. The first-order valence-corrected chi connectivity index (χ1v) is 6.85. The minimum absolute atomic E-state index is 0.167. The first-order valence-electron chi connectivity index (χ1n) is 6.06. The second-order valence-electron chi connectivity index (χ2n) is 4.89. The van der Waals surface area contributed by atoms with E-state index in [0.29, 0.717) is 12.5 Å². The van der Waals surface area contributed by atoms with Crippen molar-refractivity contribution in [2.75, 3.05) is 13.2 Å². The maximum atomic E-state index is 9.25. The highest BCUT2D eigenvalue weighted by Crippen LogP contribution is 2.26. The minimum Gasteiger partial charge on any atom is -0.396 e. The van der Waals surface area contributed by atoms with Gasteiger partial charge in [-0.2, -0.15) is 0 Å². The lowest BCUT2D eigenvalue weighted by Gasteiger charge is -2.21. The van der Waals surface area contributed by atoms with Crippen LogP contribution < -0.4 is 5.73 Å². The van der Waals surface area contributed by atoms with Gasteiger partial charge in [0.2, 0.25) is 0 Å². The van der Waals surface area contributed by atoms with Crippen molar-refractivity contribution in [2.45, 2.75) is 27.2 Å². The molecule has 1 rings (SSSR count). The van der Waals surface area contributed by atoms with Gasteiger partial charge in [0, 0.05) is 11.1 Å². The van der Waals surface area contributed by atoms with Gasteiger partial charge in [-0.25, -0.2) is 0 Å². The molecule has 3 N–H and O–H groups in total. The summed E-state index contributed by atoms with van der Waals surface area (Å²) in [5.74, 6) is 0.576. The molecule has 2 unspecified atom stereocenters. The van der Waals surface area contributed by atoms with Gasteiger partial charge >= 0.3 is 0 Å². The van der Waals surface area contributed by atoms with Crippen molar-refractivity contribution in [1.29, 1.82) is 0 Å². The standard InChI is InChI=1S/C14H22BrNO/c1-9-4-12(14(15)6-10(9)2)5-11(3)13(7-16)8-17/h4,6,11,13,17H,5,7-8,16H2,1-3H3. The molecule has 0 saturated carbocycles. The Kier molecular flexibility index (Phi) is 5.63. The summed E-state index contributed by atoms with van der Waals surface area (Å²) in [4.78, 5) is 0. The summed E-state index contributed by atoms with van der Waals surface area (Å²) in [5.41, 5.74) is 9.56. The first-order chi connectivity index (χ1) is 7.99. The molecule has 0 fully saturated rings. The molecule has 2 nitrogen and oxygen atoms in total. The maximum Gasteiger partial charge on any atom is 0.0474 e. The average molecular weight is 300 g/mol. The summed E-state index contributed by atoms with van der Waals surface area (Å²) in [6, 6.07) is 4.38. The molecule has 1 aromatic carbocycles. The number of aliphatic hydroxyl groups excluding tert-OH is 1. The lowest BCUT2D eigenvalue weighted by Crippen LogP contribution is -2.26. The fraction of sp³-hybridized carbons (Fsp3) is 0.571. The molecule has 96 valence electrons. The molecular formula is C14H22BrNO. The lowest BCUT2D eigenvalue weighted by atomic mass is 9.88. The molecule has 0 spiro atoms. The van der Waals surface area contributed by atoms with E-state index in [1.165, 1.54) is 16.7 Å². The molecule has 0 radical (unpaired) electrons. The number of aryl methyl sites for hydroxylation is 2. The zero-order valence-electron chi connectivity index (χ0n) is 10.8. The number of benzene rings is 1. The van der Waals surface area contributed by atoms with Gasteiger partial charge in [-0.3, -0.25) is 0 Å². The van der Waals surface area contributed by atoms with Crippen LogP contribution >= 0.6 is 15.9 Å². The summed E-state index contributed by atoms with van der Waals surface area (Å²) in [6.45, 7) is 7.10. The van der Waals surface area contributed by atoms with E-state index >= 15 is 0 Å². The van der Waals surface area contributed by atoms with Crippen LogP contribution in [0.1, 0.15) is 23.6 Å². The monoisotopic (exact) mass is 299 g/mol. The van der Waals surface area contributed by atoms with Gasteiger partial charge in [-0.05, 0) is 61.4 Å². The Bertz CT molecular complexity index is 375. The predicted octanol–water partition coefficient (Wildman–Crippen LogP) is 2.81. The van der Waals surface area contributed by atoms with Gasteiger partial charge in [-0.1, -0.05) is 28.9 Å². The summed E-state index contributed by atoms with van der Waals surface area (Å²) in [7, 11) is 0. The van der Waals surface area contributed by atoms with Crippen LogP contribution in [0, 0.1) is 25.7 Å². The molecule has 0 aromatic heterocycles. The highest BCUT2D eigenvalue weighted by atomic mass is 79.9. The van der Waals surface area contributed by atoms with Gasteiger partial charge in [0.1, 0.15) is 0 Å². The zero-order chi connectivity index (χ0) is 13.0. The smallest absolute Gasteiger partial charge is 0.0474 e. The molecule has 1 aromatic rings. The van der Waals surface area contributed by atoms with Crippen LogP contribution in [0.25, 0.3) is 0 Å². The Balaban J connectivity index is 2.84. The van der Waals surface area contributed by atoms with E-state index in [-0.39, 0.29) is 12.5 Å². The molecule has 3 heteroatoms. The van der Waals surface area contributed by atoms with E-state index in [9.17, 15) is 5.11 Å². The van der Waals surface area contributed by atoms with E-state index in [2.05, 4.69) is 48.8 Å². The van der Waals surface area contributed by atoms with Crippen LogP contribution in [0.15, 0.2) is 16.6 Å². The summed E-state index contributed by atoms with van der Waals surface area (Å²) in [5, 5.41) is 9.25. The van der Waals surface area contributed by atoms with Gasteiger partial charge in [0.05, 0.1) is 0 Å². The van der Waals surface area contributed by atoms with Crippen molar-refractivity contribution in [3.05, 3.63) is 33.3 Å². The van der Waals surface area contributed by atoms with Gasteiger partial charge < -0.3 is 10.8 Å². The quantitative estimate of drug-likeness (QED) is 0.878. The minimum atomic E-state index is 0.167. The van der Waals surface area contributed by atoms with E-state index in [4.69, 9.17) is 5.73 Å². The van der Waals surface area contributed by atoms with Crippen LogP contribution in [0.4, 0.5) is 0 Å². The van der Waals surface area contributed by atoms with E-state index in [0.717, 1.165) is 10.9 Å². The Morgan fingerprint density at radius 1 is 1.29 bits per heavy atom. The Labute approximate surface area is 112 Å². The molecule has 0 heterocycles. The third-order valence-electron chi connectivity index (χ3n) is 3.55. The summed E-state index contributed by atoms with van der Waals surface area (Å²) < 4.78 is 1.15. The highest BCUT2D eigenvalue weighted by molar-refractivity contribution is 9.10. The molecule has 0 aliphatic heterocycles. The Morgan fingerprint density at radius 2 is 1.88 bits per heavy atom. The largest absolute Gasteiger partial charge is 0.396 e. The Morgan fingerprint density at radius 3 is 2.41 bits per heavy atom. The zero-order valence-corrected chi connectivity index (χ0v) is 12.4. The maximum absolute atomic E-state index is 9.25. The predicted molar refractivity (Wildman–Crippen MR) is 76.1 cm³/mol. The number of halogens is 1. The van der Waals surface area contributed by atoms with Crippen LogP contribution in [0.5, 0.6) is 0 Å². The topological polar surface area (TPSA) is 46.2 Å². The van der Waals surface area contributed by atoms with Crippen LogP contribution in [0.2, 0.25) is 0 Å². The lowest BCUT2D eigenvalue weighted by molar-refractivity contribution is 0.187. The van der Waals surface area contributed by atoms with E-state index in [1.54, 1.807) is 0 Å². The second kappa shape index (κ2) is 6.53. The fourth-order valence-corrected chi connectivity index (χ4v) is 2.62. The molecule has 0 amide bonds. The van der Waals surface area contributed by atoms with Crippen molar-refractivity contribution in [1.82, 2.24) is 0 Å². The fourth-order valence-electron chi connectivity index (χ4n) is 2.00.